The quantitative estimate of drug-likeness (QED) is 0.796. The van der Waals surface area contributed by atoms with E-state index in [2.05, 4.69) is 0 Å². The van der Waals surface area contributed by atoms with Crippen molar-refractivity contribution in [2.24, 2.45) is 11.5 Å². The van der Waals surface area contributed by atoms with Gasteiger partial charge in [0, 0.05) is 6.04 Å². The third-order valence-corrected chi connectivity index (χ3v) is 2.65. The molecule has 1 aliphatic rings. The van der Waals surface area contributed by atoms with Crippen molar-refractivity contribution in [3.8, 4) is 5.75 Å². The highest BCUT2D eigenvalue weighted by atomic mass is 19.1. The van der Waals surface area contributed by atoms with Crippen LogP contribution in [0.1, 0.15) is 23.2 Å². The molecule has 16 heavy (non-hydrogen) atoms. The fourth-order valence-corrected chi connectivity index (χ4v) is 1.72. The summed E-state index contributed by atoms with van der Waals surface area (Å²) in [4.78, 5) is 11.1. The molecule has 0 unspecified atom stereocenters. The lowest BCUT2D eigenvalue weighted by molar-refractivity contribution is 0.0920. The van der Waals surface area contributed by atoms with Crippen molar-refractivity contribution in [3.63, 3.8) is 0 Å². The van der Waals surface area contributed by atoms with E-state index in [-0.39, 0.29) is 23.5 Å². The van der Waals surface area contributed by atoms with Crippen molar-refractivity contribution in [1.82, 2.24) is 0 Å². The van der Waals surface area contributed by atoms with Crippen LogP contribution in [0.2, 0.25) is 0 Å². The van der Waals surface area contributed by atoms with Crippen LogP contribution in [-0.2, 0) is 0 Å². The Balaban J connectivity index is 2.19. The van der Waals surface area contributed by atoms with E-state index in [9.17, 15) is 9.18 Å². The molecule has 2 rings (SSSR count). The zero-order valence-electron chi connectivity index (χ0n) is 8.65. The molecule has 1 aliphatic carbocycles. The van der Waals surface area contributed by atoms with E-state index < -0.39 is 11.7 Å². The number of rotatable bonds is 3. The minimum absolute atomic E-state index is 0.0464. The Bertz CT molecular complexity index is 416. The molecule has 1 aromatic carbocycles. The van der Waals surface area contributed by atoms with E-state index in [0.29, 0.717) is 12.8 Å². The summed E-state index contributed by atoms with van der Waals surface area (Å²) in [6.45, 7) is 0. The number of carbonyl (C=O) groups is 1. The molecule has 0 atom stereocenters. The summed E-state index contributed by atoms with van der Waals surface area (Å²) in [6.07, 6.45) is 1.39. The highest BCUT2D eigenvalue weighted by Crippen LogP contribution is 2.28. The molecule has 4 nitrogen and oxygen atoms in total. The predicted molar refractivity (Wildman–Crippen MR) is 56.5 cm³/mol. The average Bonchev–Trinajstić information content (AvgIpc) is 2.14. The second kappa shape index (κ2) is 4.09. The van der Waals surface area contributed by atoms with Crippen LogP contribution < -0.4 is 16.2 Å². The van der Waals surface area contributed by atoms with Crippen molar-refractivity contribution in [2.45, 2.75) is 25.0 Å². The second-order valence-corrected chi connectivity index (χ2v) is 3.95. The largest absolute Gasteiger partial charge is 0.489 e. The molecule has 0 bridgehead atoms. The maximum Gasteiger partial charge on any atom is 0.255 e. The van der Waals surface area contributed by atoms with Crippen LogP contribution in [0.3, 0.4) is 0 Å². The maximum absolute atomic E-state index is 13.3. The minimum Gasteiger partial charge on any atom is -0.489 e. The summed E-state index contributed by atoms with van der Waals surface area (Å²) in [5.74, 6) is -1.28. The molecule has 86 valence electrons. The molecule has 1 aromatic rings. The zero-order chi connectivity index (χ0) is 11.7. The van der Waals surface area contributed by atoms with Gasteiger partial charge in [0.05, 0.1) is 0 Å². The first-order chi connectivity index (χ1) is 7.58. The monoisotopic (exact) mass is 224 g/mol. The molecule has 0 spiro atoms. The minimum atomic E-state index is -0.822. The number of primary amides is 1. The third kappa shape index (κ3) is 1.99. The van der Waals surface area contributed by atoms with Crippen molar-refractivity contribution < 1.29 is 13.9 Å². The maximum atomic E-state index is 13.3. The molecular formula is C11H13FN2O2. The highest BCUT2D eigenvalue weighted by molar-refractivity contribution is 5.95. The smallest absolute Gasteiger partial charge is 0.255 e. The van der Waals surface area contributed by atoms with E-state index in [1.165, 1.54) is 18.2 Å². The number of ether oxygens (including phenoxy) is 1. The Kier molecular flexibility index (Phi) is 2.78. The topological polar surface area (TPSA) is 78.3 Å². The second-order valence-electron chi connectivity index (χ2n) is 3.95. The van der Waals surface area contributed by atoms with Crippen LogP contribution in [-0.4, -0.2) is 18.1 Å². The Morgan fingerprint density at radius 1 is 1.44 bits per heavy atom. The predicted octanol–water partition coefficient (Wildman–Crippen LogP) is 0.793. The summed E-state index contributed by atoms with van der Waals surface area (Å²) in [5, 5.41) is 0. The van der Waals surface area contributed by atoms with Gasteiger partial charge in [0.2, 0.25) is 0 Å². The zero-order valence-corrected chi connectivity index (χ0v) is 8.65. The van der Waals surface area contributed by atoms with Gasteiger partial charge in [-0.25, -0.2) is 4.39 Å². The summed E-state index contributed by atoms with van der Waals surface area (Å²) in [6, 6.07) is 4.33. The average molecular weight is 224 g/mol. The van der Waals surface area contributed by atoms with Crippen molar-refractivity contribution in [1.29, 1.82) is 0 Å². The van der Waals surface area contributed by atoms with Gasteiger partial charge >= 0.3 is 0 Å². The van der Waals surface area contributed by atoms with Crippen molar-refractivity contribution >= 4 is 5.91 Å². The highest BCUT2D eigenvalue weighted by Gasteiger charge is 2.29. The van der Waals surface area contributed by atoms with Gasteiger partial charge in [0.25, 0.3) is 5.91 Å². The number of halogens is 1. The molecule has 4 N–H and O–H groups in total. The first kappa shape index (κ1) is 10.9. The Morgan fingerprint density at radius 2 is 2.12 bits per heavy atom. The lowest BCUT2D eigenvalue weighted by Crippen LogP contribution is -2.43. The number of amides is 1. The molecule has 0 heterocycles. The van der Waals surface area contributed by atoms with Gasteiger partial charge in [-0.15, -0.1) is 0 Å². The molecule has 5 heteroatoms. The first-order valence-corrected chi connectivity index (χ1v) is 5.08. The van der Waals surface area contributed by atoms with Crippen molar-refractivity contribution in [2.75, 3.05) is 0 Å². The van der Waals surface area contributed by atoms with Crippen molar-refractivity contribution in [3.05, 3.63) is 29.6 Å². The Labute approximate surface area is 92.4 Å². The van der Waals surface area contributed by atoms with Gasteiger partial charge in [0.1, 0.15) is 23.2 Å². The van der Waals surface area contributed by atoms with E-state index in [1.807, 2.05) is 0 Å². The summed E-state index contributed by atoms with van der Waals surface area (Å²) >= 11 is 0. The SMILES string of the molecule is NC(=O)c1c(F)cccc1OC1CC(N)C1. The normalized spacial score (nSPS) is 23.6. The molecule has 0 aliphatic heterocycles. The van der Waals surface area contributed by atoms with E-state index in [0.717, 1.165) is 0 Å². The summed E-state index contributed by atoms with van der Waals surface area (Å²) < 4.78 is 18.8. The van der Waals surface area contributed by atoms with Crippen LogP contribution in [0, 0.1) is 5.82 Å². The lowest BCUT2D eigenvalue weighted by Gasteiger charge is -2.33. The van der Waals surface area contributed by atoms with Gasteiger partial charge in [-0.1, -0.05) is 6.07 Å². The van der Waals surface area contributed by atoms with Gasteiger partial charge in [-0.05, 0) is 25.0 Å². The molecule has 0 radical (unpaired) electrons. The van der Waals surface area contributed by atoms with Crippen LogP contribution in [0.25, 0.3) is 0 Å². The third-order valence-electron chi connectivity index (χ3n) is 2.65. The van der Waals surface area contributed by atoms with Crippen LogP contribution >= 0.6 is 0 Å². The van der Waals surface area contributed by atoms with Gasteiger partial charge in [-0.2, -0.15) is 0 Å². The fourth-order valence-electron chi connectivity index (χ4n) is 1.72. The van der Waals surface area contributed by atoms with E-state index >= 15 is 0 Å². The van der Waals surface area contributed by atoms with E-state index in [1.54, 1.807) is 0 Å². The summed E-state index contributed by atoms with van der Waals surface area (Å²) in [5.41, 5.74) is 10.5. The molecular weight excluding hydrogens is 211 g/mol. The standard InChI is InChI=1S/C11H13FN2O2/c12-8-2-1-3-9(10(8)11(14)15)16-7-4-6(13)5-7/h1-3,6-7H,4-5,13H2,(H2,14,15). The van der Waals surface area contributed by atoms with Gasteiger partial charge in [0.15, 0.2) is 0 Å². The van der Waals surface area contributed by atoms with E-state index in [4.69, 9.17) is 16.2 Å². The number of nitrogens with two attached hydrogens (primary N) is 2. The molecule has 1 saturated carbocycles. The van der Waals surface area contributed by atoms with Crippen LogP contribution in [0.5, 0.6) is 5.75 Å². The summed E-state index contributed by atoms with van der Waals surface area (Å²) in [7, 11) is 0. The fraction of sp³-hybridized carbons (Fsp3) is 0.364. The number of benzene rings is 1. The Morgan fingerprint density at radius 3 is 2.69 bits per heavy atom. The molecule has 0 saturated heterocycles. The van der Waals surface area contributed by atoms with Gasteiger partial charge < -0.3 is 16.2 Å². The van der Waals surface area contributed by atoms with Crippen LogP contribution in [0.4, 0.5) is 4.39 Å². The number of hydrogen-bond acceptors (Lipinski definition) is 3. The molecule has 1 amide bonds. The molecule has 1 fully saturated rings. The number of carbonyl (C=O) groups excluding carboxylic acids is 1. The molecule has 0 aromatic heterocycles. The van der Waals surface area contributed by atoms with Gasteiger partial charge in [-0.3, -0.25) is 4.79 Å². The number of hydrogen-bond donors (Lipinski definition) is 2. The lowest BCUT2D eigenvalue weighted by atomic mass is 9.90. The van der Waals surface area contributed by atoms with Crippen LogP contribution in [0.15, 0.2) is 18.2 Å². The first-order valence-electron chi connectivity index (χ1n) is 5.08. The Hall–Kier alpha value is -1.62.